The first-order valence-electron chi connectivity index (χ1n) is 7.52. The van der Waals surface area contributed by atoms with E-state index in [2.05, 4.69) is 9.72 Å². The van der Waals surface area contributed by atoms with Crippen LogP contribution in [0.15, 0.2) is 54.7 Å². The minimum absolute atomic E-state index is 0.0379. The molecular weight excluding hydrogens is 326 g/mol. The van der Waals surface area contributed by atoms with Crippen LogP contribution < -0.4 is 0 Å². The number of nitrogens with one attached hydrogen (secondary N) is 1. The Kier molecular flexibility index (Phi) is 4.67. The zero-order valence-corrected chi connectivity index (χ0v) is 13.8. The summed E-state index contributed by atoms with van der Waals surface area (Å²) in [7, 11) is 1.21. The van der Waals surface area contributed by atoms with Crippen LogP contribution in [-0.4, -0.2) is 23.8 Å². The lowest BCUT2D eigenvalue weighted by molar-refractivity contribution is -0.151. The Morgan fingerprint density at radius 2 is 1.83 bits per heavy atom. The Morgan fingerprint density at radius 3 is 2.54 bits per heavy atom. The number of esters is 1. The number of benzene rings is 2. The van der Waals surface area contributed by atoms with Gasteiger partial charge in [0, 0.05) is 34.5 Å². The number of ketones is 1. The van der Waals surface area contributed by atoms with E-state index >= 15 is 0 Å². The minimum Gasteiger partial charge on any atom is -0.463 e. The van der Waals surface area contributed by atoms with Crippen LogP contribution in [0, 0.1) is 0 Å². The second-order valence-corrected chi connectivity index (χ2v) is 5.95. The number of hydrogen-bond donors (Lipinski definition) is 1. The summed E-state index contributed by atoms with van der Waals surface area (Å²) < 4.78 is 4.56. The molecule has 0 amide bonds. The van der Waals surface area contributed by atoms with Crippen molar-refractivity contribution in [2.75, 3.05) is 7.11 Å². The van der Waals surface area contributed by atoms with E-state index in [1.165, 1.54) is 7.11 Å². The molecule has 0 aliphatic carbocycles. The fourth-order valence-electron chi connectivity index (χ4n) is 2.87. The molecule has 2 aromatic carbocycles. The molecule has 0 radical (unpaired) electrons. The topological polar surface area (TPSA) is 59.2 Å². The highest BCUT2D eigenvalue weighted by molar-refractivity contribution is 6.33. The molecule has 4 nitrogen and oxygen atoms in total. The van der Waals surface area contributed by atoms with Gasteiger partial charge in [-0.05, 0) is 29.3 Å². The summed E-state index contributed by atoms with van der Waals surface area (Å²) in [4.78, 5) is 26.9. The van der Waals surface area contributed by atoms with E-state index in [0.717, 1.165) is 22.0 Å². The zero-order chi connectivity index (χ0) is 17.1. The molecule has 3 aromatic rings. The first kappa shape index (κ1) is 16.3. The number of ether oxygens (including phenoxy) is 1. The first-order valence-corrected chi connectivity index (χ1v) is 7.90. The van der Waals surface area contributed by atoms with E-state index in [9.17, 15) is 9.59 Å². The van der Waals surface area contributed by atoms with E-state index < -0.39 is 11.8 Å². The predicted octanol–water partition coefficient (Wildman–Crippen LogP) is 4.09. The van der Waals surface area contributed by atoms with Gasteiger partial charge in [-0.15, -0.1) is 0 Å². The maximum Gasteiger partial charge on any atom is 0.374 e. The molecule has 1 atom stereocenters. The van der Waals surface area contributed by atoms with Gasteiger partial charge in [-0.25, -0.2) is 4.79 Å². The molecule has 0 saturated carbocycles. The third kappa shape index (κ3) is 3.19. The summed E-state index contributed by atoms with van der Waals surface area (Å²) in [6.45, 7) is 0. The number of fused-ring (bicyclic) bond motifs is 1. The SMILES string of the molecule is COC(=O)C(=O)C[C@@H](c1ccc(Cl)cc1)c1c[nH]c2ccccc12. The Hall–Kier alpha value is -2.59. The third-order valence-electron chi connectivity index (χ3n) is 4.07. The molecule has 0 fully saturated rings. The molecule has 1 aromatic heterocycles. The largest absolute Gasteiger partial charge is 0.463 e. The van der Waals surface area contributed by atoms with Crippen LogP contribution in [0.25, 0.3) is 10.9 Å². The number of Topliss-reactive ketones (excluding diaryl/α,β-unsaturated/α-hetero) is 1. The van der Waals surface area contributed by atoms with Crippen molar-refractivity contribution >= 4 is 34.3 Å². The van der Waals surface area contributed by atoms with Crippen molar-refractivity contribution in [3.8, 4) is 0 Å². The van der Waals surface area contributed by atoms with Gasteiger partial charge in [0.25, 0.3) is 0 Å². The standard InChI is InChI=1S/C19H16ClNO3/c1-24-19(23)18(22)10-15(12-6-8-13(20)9-7-12)16-11-21-17-5-3-2-4-14(16)17/h2-9,11,15,21H,10H2,1H3/t15-/m0/s1. The lowest BCUT2D eigenvalue weighted by Crippen LogP contribution is -2.19. The van der Waals surface area contributed by atoms with Crippen LogP contribution in [0.3, 0.4) is 0 Å². The highest BCUT2D eigenvalue weighted by Crippen LogP contribution is 2.34. The Bertz CT molecular complexity index is 883. The second-order valence-electron chi connectivity index (χ2n) is 5.51. The molecule has 1 N–H and O–H groups in total. The number of halogens is 1. The van der Waals surface area contributed by atoms with Crippen molar-refractivity contribution in [3.63, 3.8) is 0 Å². The van der Waals surface area contributed by atoms with Gasteiger partial charge in [0.2, 0.25) is 5.78 Å². The molecule has 24 heavy (non-hydrogen) atoms. The summed E-state index contributed by atoms with van der Waals surface area (Å²) in [6.07, 6.45) is 1.92. The lowest BCUT2D eigenvalue weighted by atomic mass is 9.87. The summed E-state index contributed by atoms with van der Waals surface area (Å²) in [6, 6.07) is 15.2. The normalized spacial score (nSPS) is 12.1. The molecule has 3 rings (SSSR count). The molecule has 0 saturated heterocycles. The monoisotopic (exact) mass is 341 g/mol. The average molecular weight is 342 g/mol. The number of rotatable bonds is 5. The number of para-hydroxylation sites is 1. The smallest absolute Gasteiger partial charge is 0.374 e. The molecule has 0 aliphatic rings. The predicted molar refractivity (Wildman–Crippen MR) is 93.2 cm³/mol. The zero-order valence-electron chi connectivity index (χ0n) is 13.1. The lowest BCUT2D eigenvalue weighted by Gasteiger charge is -2.16. The van der Waals surface area contributed by atoms with Crippen molar-refractivity contribution in [2.24, 2.45) is 0 Å². The van der Waals surface area contributed by atoms with Gasteiger partial charge < -0.3 is 9.72 Å². The Balaban J connectivity index is 2.06. The number of H-pyrrole nitrogens is 1. The number of methoxy groups -OCH3 is 1. The summed E-state index contributed by atoms with van der Waals surface area (Å²) in [5.74, 6) is -1.64. The summed E-state index contributed by atoms with van der Waals surface area (Å²) in [5, 5.41) is 1.64. The van der Waals surface area contributed by atoms with E-state index in [1.54, 1.807) is 12.1 Å². The molecule has 0 bridgehead atoms. The molecule has 122 valence electrons. The van der Waals surface area contributed by atoms with Gasteiger partial charge in [-0.1, -0.05) is 41.9 Å². The molecule has 0 aliphatic heterocycles. The number of aromatic nitrogens is 1. The molecule has 0 unspecified atom stereocenters. The van der Waals surface area contributed by atoms with Crippen molar-refractivity contribution in [1.82, 2.24) is 4.98 Å². The summed E-state index contributed by atoms with van der Waals surface area (Å²) in [5.41, 5.74) is 2.86. The highest BCUT2D eigenvalue weighted by atomic mass is 35.5. The van der Waals surface area contributed by atoms with Crippen LogP contribution in [0.2, 0.25) is 5.02 Å². The fraction of sp³-hybridized carbons (Fsp3) is 0.158. The molecular formula is C19H16ClNO3. The number of carbonyl (C=O) groups is 2. The van der Waals surface area contributed by atoms with Gasteiger partial charge >= 0.3 is 5.97 Å². The van der Waals surface area contributed by atoms with Gasteiger partial charge in [0.05, 0.1) is 7.11 Å². The van der Waals surface area contributed by atoms with E-state index in [1.807, 2.05) is 42.6 Å². The van der Waals surface area contributed by atoms with Crippen LogP contribution in [0.4, 0.5) is 0 Å². The number of carbonyl (C=O) groups excluding carboxylic acids is 2. The Morgan fingerprint density at radius 1 is 1.12 bits per heavy atom. The van der Waals surface area contributed by atoms with Crippen LogP contribution in [0.1, 0.15) is 23.5 Å². The maximum atomic E-state index is 12.1. The van der Waals surface area contributed by atoms with Crippen LogP contribution in [0.5, 0.6) is 0 Å². The summed E-state index contributed by atoms with van der Waals surface area (Å²) >= 11 is 5.97. The van der Waals surface area contributed by atoms with Gasteiger partial charge in [0.15, 0.2) is 0 Å². The molecule has 5 heteroatoms. The van der Waals surface area contributed by atoms with Gasteiger partial charge in [-0.3, -0.25) is 4.79 Å². The maximum absolute atomic E-state index is 12.1. The van der Waals surface area contributed by atoms with Crippen molar-refractivity contribution in [2.45, 2.75) is 12.3 Å². The van der Waals surface area contributed by atoms with Crippen molar-refractivity contribution in [3.05, 3.63) is 70.9 Å². The van der Waals surface area contributed by atoms with Crippen LogP contribution >= 0.6 is 11.6 Å². The van der Waals surface area contributed by atoms with Crippen LogP contribution in [-0.2, 0) is 14.3 Å². The van der Waals surface area contributed by atoms with E-state index in [-0.39, 0.29) is 12.3 Å². The quantitative estimate of drug-likeness (QED) is 0.561. The molecule has 0 spiro atoms. The fourth-order valence-corrected chi connectivity index (χ4v) is 2.99. The van der Waals surface area contributed by atoms with Crippen molar-refractivity contribution in [1.29, 1.82) is 0 Å². The van der Waals surface area contributed by atoms with E-state index in [0.29, 0.717) is 5.02 Å². The second kappa shape index (κ2) is 6.89. The third-order valence-corrected chi connectivity index (χ3v) is 4.32. The van der Waals surface area contributed by atoms with Crippen molar-refractivity contribution < 1.29 is 14.3 Å². The molecule has 1 heterocycles. The van der Waals surface area contributed by atoms with Gasteiger partial charge in [0.1, 0.15) is 0 Å². The highest BCUT2D eigenvalue weighted by Gasteiger charge is 2.25. The average Bonchev–Trinajstić information content (AvgIpc) is 3.03. The number of hydrogen-bond acceptors (Lipinski definition) is 3. The first-order chi connectivity index (χ1) is 11.6. The van der Waals surface area contributed by atoms with E-state index in [4.69, 9.17) is 11.6 Å². The Labute approximate surface area is 144 Å². The minimum atomic E-state index is -0.825. The van der Waals surface area contributed by atoms with Gasteiger partial charge in [-0.2, -0.15) is 0 Å². The number of aromatic amines is 1.